The third-order valence-electron chi connectivity index (χ3n) is 1.01. The van der Waals surface area contributed by atoms with Gasteiger partial charge in [0.25, 0.3) is 0 Å². The molecule has 0 N–H and O–H groups in total. The maximum absolute atomic E-state index is 5.81. The van der Waals surface area contributed by atoms with E-state index in [9.17, 15) is 0 Å². The number of pyridine rings is 1. The second-order valence-corrected chi connectivity index (χ2v) is 3.60. The van der Waals surface area contributed by atoms with Crippen molar-refractivity contribution >= 4 is 43.5 Å². The molecule has 0 aliphatic heterocycles. The SMILES string of the molecule is Clc1cc(Br)cnc1CBr. The van der Waals surface area contributed by atoms with Gasteiger partial charge >= 0.3 is 0 Å². The van der Waals surface area contributed by atoms with Crippen molar-refractivity contribution in [2.24, 2.45) is 0 Å². The van der Waals surface area contributed by atoms with Crippen molar-refractivity contribution in [3.05, 3.63) is 27.5 Å². The molecule has 1 nitrogen and oxygen atoms in total. The summed E-state index contributed by atoms with van der Waals surface area (Å²) in [7, 11) is 0. The Labute approximate surface area is 81.1 Å². The number of halogens is 3. The molecule has 0 bridgehead atoms. The molecular formula is C6H4Br2ClN. The molecule has 0 aliphatic carbocycles. The Morgan fingerprint density at radius 3 is 2.80 bits per heavy atom. The fourth-order valence-corrected chi connectivity index (χ4v) is 1.85. The fourth-order valence-electron chi connectivity index (χ4n) is 0.541. The first kappa shape index (κ1) is 8.50. The average Bonchev–Trinajstić information content (AvgIpc) is 1.88. The standard InChI is InChI=1S/C6H4Br2ClN/c7-2-6-5(9)1-4(8)3-10-6/h1,3H,2H2. The maximum atomic E-state index is 5.81. The predicted molar refractivity (Wildman–Crippen MR) is 49.6 cm³/mol. The molecule has 0 radical (unpaired) electrons. The van der Waals surface area contributed by atoms with E-state index in [1.54, 1.807) is 6.20 Å². The van der Waals surface area contributed by atoms with E-state index in [0.717, 1.165) is 10.2 Å². The lowest BCUT2D eigenvalue weighted by Gasteiger charge is -1.97. The molecule has 0 fully saturated rings. The monoisotopic (exact) mass is 283 g/mol. The highest BCUT2D eigenvalue weighted by molar-refractivity contribution is 9.10. The summed E-state index contributed by atoms with van der Waals surface area (Å²) in [5, 5.41) is 1.38. The van der Waals surface area contributed by atoms with Crippen LogP contribution in [0.4, 0.5) is 0 Å². The molecule has 54 valence electrons. The van der Waals surface area contributed by atoms with Crippen LogP contribution in [0.15, 0.2) is 16.7 Å². The molecular weight excluding hydrogens is 281 g/mol. The molecule has 0 amide bonds. The Balaban J connectivity index is 3.07. The van der Waals surface area contributed by atoms with E-state index in [-0.39, 0.29) is 0 Å². The van der Waals surface area contributed by atoms with Gasteiger partial charge in [0.05, 0.1) is 10.7 Å². The van der Waals surface area contributed by atoms with Gasteiger partial charge in [0.1, 0.15) is 0 Å². The molecule has 0 spiro atoms. The Morgan fingerprint density at radius 1 is 1.60 bits per heavy atom. The molecule has 1 rings (SSSR count). The van der Waals surface area contributed by atoms with Crippen molar-refractivity contribution in [2.75, 3.05) is 0 Å². The lowest BCUT2D eigenvalue weighted by atomic mass is 10.4. The van der Waals surface area contributed by atoms with Crippen molar-refractivity contribution in [3.8, 4) is 0 Å². The van der Waals surface area contributed by atoms with E-state index in [1.807, 2.05) is 6.07 Å². The van der Waals surface area contributed by atoms with Crippen molar-refractivity contribution in [1.82, 2.24) is 4.98 Å². The minimum absolute atomic E-state index is 0.686. The summed E-state index contributed by atoms with van der Waals surface area (Å²) in [6.07, 6.45) is 1.72. The third-order valence-corrected chi connectivity index (χ3v) is 2.30. The van der Waals surface area contributed by atoms with Gasteiger partial charge in [0.15, 0.2) is 0 Å². The Kier molecular flexibility index (Phi) is 3.14. The van der Waals surface area contributed by atoms with Gasteiger partial charge in [-0.2, -0.15) is 0 Å². The molecule has 0 aliphatic rings. The lowest BCUT2D eigenvalue weighted by Crippen LogP contribution is -1.84. The average molecular weight is 285 g/mol. The van der Waals surface area contributed by atoms with Gasteiger partial charge in [-0.05, 0) is 22.0 Å². The molecule has 0 saturated carbocycles. The second kappa shape index (κ2) is 3.69. The number of alkyl halides is 1. The molecule has 1 aromatic rings. The first-order valence-corrected chi connectivity index (χ1v) is 4.89. The number of nitrogens with zero attached hydrogens (tertiary/aromatic N) is 1. The predicted octanol–water partition coefficient (Wildman–Crippen LogP) is 3.39. The van der Waals surface area contributed by atoms with Crippen LogP contribution in [0.5, 0.6) is 0 Å². The number of hydrogen-bond donors (Lipinski definition) is 0. The normalized spacial score (nSPS) is 9.90. The van der Waals surface area contributed by atoms with Crippen molar-refractivity contribution < 1.29 is 0 Å². The summed E-state index contributed by atoms with van der Waals surface area (Å²) in [6, 6.07) is 1.82. The zero-order chi connectivity index (χ0) is 7.56. The summed E-state index contributed by atoms with van der Waals surface area (Å²) >= 11 is 12.3. The molecule has 0 atom stereocenters. The van der Waals surface area contributed by atoms with Crippen molar-refractivity contribution in [2.45, 2.75) is 5.33 Å². The van der Waals surface area contributed by atoms with E-state index in [2.05, 4.69) is 36.8 Å². The van der Waals surface area contributed by atoms with Crippen LogP contribution < -0.4 is 0 Å². The number of hydrogen-bond acceptors (Lipinski definition) is 1. The Morgan fingerprint density at radius 2 is 2.30 bits per heavy atom. The van der Waals surface area contributed by atoms with E-state index in [4.69, 9.17) is 11.6 Å². The number of aromatic nitrogens is 1. The largest absolute Gasteiger partial charge is 0.258 e. The van der Waals surface area contributed by atoms with Crippen LogP contribution in [0.25, 0.3) is 0 Å². The summed E-state index contributed by atoms with van der Waals surface area (Å²) in [5.74, 6) is 0. The highest BCUT2D eigenvalue weighted by Gasteiger charge is 1.98. The van der Waals surface area contributed by atoms with Gasteiger partial charge in [0, 0.05) is 16.0 Å². The van der Waals surface area contributed by atoms with Gasteiger partial charge in [-0.1, -0.05) is 27.5 Å². The summed E-state index contributed by atoms with van der Waals surface area (Å²) < 4.78 is 0.905. The first-order chi connectivity index (χ1) is 4.74. The van der Waals surface area contributed by atoms with Crippen LogP contribution in [-0.4, -0.2) is 4.98 Å². The van der Waals surface area contributed by atoms with E-state index >= 15 is 0 Å². The third kappa shape index (κ3) is 1.94. The smallest absolute Gasteiger partial charge is 0.0695 e. The summed E-state index contributed by atoms with van der Waals surface area (Å²) in [6.45, 7) is 0. The van der Waals surface area contributed by atoms with Gasteiger partial charge in [-0.3, -0.25) is 4.98 Å². The minimum atomic E-state index is 0.686. The molecule has 0 unspecified atom stereocenters. The first-order valence-electron chi connectivity index (χ1n) is 2.60. The molecule has 1 heterocycles. The summed E-state index contributed by atoms with van der Waals surface area (Å²) in [5.41, 5.74) is 0.866. The quantitative estimate of drug-likeness (QED) is 0.721. The van der Waals surface area contributed by atoms with Crippen LogP contribution >= 0.6 is 43.5 Å². The maximum Gasteiger partial charge on any atom is 0.0695 e. The van der Waals surface area contributed by atoms with Crippen LogP contribution in [0.1, 0.15) is 5.69 Å². The van der Waals surface area contributed by atoms with Gasteiger partial charge in [-0.15, -0.1) is 0 Å². The molecule has 0 aromatic carbocycles. The Bertz CT molecular complexity index is 239. The molecule has 4 heteroatoms. The van der Waals surface area contributed by atoms with Crippen LogP contribution in [0, 0.1) is 0 Å². The molecule has 1 aromatic heterocycles. The van der Waals surface area contributed by atoms with Crippen LogP contribution in [0.3, 0.4) is 0 Å². The van der Waals surface area contributed by atoms with Crippen LogP contribution in [-0.2, 0) is 5.33 Å². The number of rotatable bonds is 1. The highest BCUT2D eigenvalue weighted by atomic mass is 79.9. The lowest BCUT2D eigenvalue weighted by molar-refractivity contribution is 1.17. The minimum Gasteiger partial charge on any atom is -0.258 e. The van der Waals surface area contributed by atoms with E-state index < -0.39 is 0 Å². The van der Waals surface area contributed by atoms with Crippen LogP contribution in [0.2, 0.25) is 5.02 Å². The van der Waals surface area contributed by atoms with Crippen molar-refractivity contribution in [3.63, 3.8) is 0 Å². The van der Waals surface area contributed by atoms with Crippen molar-refractivity contribution in [1.29, 1.82) is 0 Å². The van der Waals surface area contributed by atoms with E-state index in [0.29, 0.717) is 10.4 Å². The van der Waals surface area contributed by atoms with Gasteiger partial charge in [-0.25, -0.2) is 0 Å². The Hall–Kier alpha value is 0.400. The fraction of sp³-hybridized carbons (Fsp3) is 0.167. The zero-order valence-corrected chi connectivity index (χ0v) is 8.87. The van der Waals surface area contributed by atoms with E-state index in [1.165, 1.54) is 0 Å². The summed E-state index contributed by atoms with van der Waals surface area (Å²) in [4.78, 5) is 4.07. The highest BCUT2D eigenvalue weighted by Crippen LogP contribution is 2.20. The zero-order valence-electron chi connectivity index (χ0n) is 4.94. The van der Waals surface area contributed by atoms with Gasteiger partial charge in [0.2, 0.25) is 0 Å². The molecule has 0 saturated heterocycles. The molecule has 10 heavy (non-hydrogen) atoms. The topological polar surface area (TPSA) is 12.9 Å². The van der Waals surface area contributed by atoms with Gasteiger partial charge < -0.3 is 0 Å². The second-order valence-electron chi connectivity index (χ2n) is 1.72.